The second kappa shape index (κ2) is 9.11. The van der Waals surface area contributed by atoms with Crippen LogP contribution in [-0.4, -0.2) is 46.8 Å². The summed E-state index contributed by atoms with van der Waals surface area (Å²) >= 11 is 1.73. The quantitative estimate of drug-likeness (QED) is 0.520. The zero-order valence-corrected chi connectivity index (χ0v) is 18.0. The summed E-state index contributed by atoms with van der Waals surface area (Å²) in [5.41, 5.74) is 3.06. The zero-order valence-electron chi connectivity index (χ0n) is 17.2. The van der Waals surface area contributed by atoms with Crippen LogP contribution >= 0.6 is 11.8 Å². The number of H-pyrrole nitrogens is 1. The van der Waals surface area contributed by atoms with Gasteiger partial charge in [-0.2, -0.15) is 11.8 Å². The van der Waals surface area contributed by atoms with Crippen LogP contribution in [0.4, 0.5) is 4.39 Å². The van der Waals surface area contributed by atoms with Crippen molar-refractivity contribution >= 4 is 22.8 Å². The Morgan fingerprint density at radius 2 is 2.10 bits per heavy atom. The third kappa shape index (κ3) is 5.07. The minimum Gasteiger partial charge on any atom is -0.496 e. The minimum absolute atomic E-state index is 0.00966. The fourth-order valence-electron chi connectivity index (χ4n) is 3.12. The normalized spacial score (nSPS) is 11.9. The summed E-state index contributed by atoms with van der Waals surface area (Å²) in [4.78, 5) is 7.82. The molecule has 0 aliphatic heterocycles. The van der Waals surface area contributed by atoms with Crippen LogP contribution in [0.3, 0.4) is 0 Å². The summed E-state index contributed by atoms with van der Waals surface area (Å²) in [5.74, 6) is 2.59. The van der Waals surface area contributed by atoms with Gasteiger partial charge in [0.25, 0.3) is 0 Å². The van der Waals surface area contributed by atoms with Gasteiger partial charge in [-0.1, -0.05) is 4.98 Å². The number of aliphatic hydroxyl groups is 1. The Morgan fingerprint density at radius 3 is 2.83 bits per heavy atom. The van der Waals surface area contributed by atoms with E-state index in [1.807, 2.05) is 37.6 Å². The van der Waals surface area contributed by atoms with Gasteiger partial charge in [-0.15, -0.1) is 0 Å². The van der Waals surface area contributed by atoms with Crippen LogP contribution in [0, 0.1) is 12.7 Å². The molecule has 0 saturated heterocycles. The Kier molecular flexibility index (Phi) is 6.77. The minimum atomic E-state index is -0.345. The first-order chi connectivity index (χ1) is 13.8. The highest BCUT2D eigenvalue weighted by Crippen LogP contribution is 2.25. The van der Waals surface area contributed by atoms with Crippen molar-refractivity contribution < 1.29 is 23.5 Å². The van der Waals surface area contributed by atoms with E-state index >= 15 is 0 Å². The van der Waals surface area contributed by atoms with Gasteiger partial charge in [0.15, 0.2) is 5.52 Å². The molecule has 0 spiro atoms. The van der Waals surface area contributed by atoms with Gasteiger partial charge in [-0.05, 0) is 32.9 Å². The SMILES string of the molecule is COc1cc[n+](-c2nc3ccc(F)cc3[nH]2)c(CSCC(C)(C)OCCO)c1C. The fraction of sp³-hybridized carbons (Fsp3) is 0.429. The maximum absolute atomic E-state index is 13.6. The van der Waals surface area contributed by atoms with Gasteiger partial charge >= 0.3 is 5.95 Å². The number of methoxy groups -OCH3 is 1. The van der Waals surface area contributed by atoms with Crippen molar-refractivity contribution in [1.29, 1.82) is 0 Å². The molecule has 2 aromatic heterocycles. The molecular weight excluding hydrogens is 393 g/mol. The number of benzene rings is 1. The molecule has 0 aliphatic rings. The Morgan fingerprint density at radius 1 is 1.31 bits per heavy atom. The van der Waals surface area contributed by atoms with E-state index < -0.39 is 0 Å². The maximum atomic E-state index is 13.6. The summed E-state index contributed by atoms with van der Waals surface area (Å²) in [6, 6.07) is 6.41. The Hall–Kier alpha value is -2.16. The second-order valence-corrected chi connectivity index (χ2v) is 8.36. The van der Waals surface area contributed by atoms with Crippen LogP contribution in [0.25, 0.3) is 17.0 Å². The van der Waals surface area contributed by atoms with Gasteiger partial charge in [-0.3, -0.25) is 0 Å². The monoisotopic (exact) mass is 420 g/mol. The van der Waals surface area contributed by atoms with E-state index in [9.17, 15) is 4.39 Å². The number of halogens is 1. The molecule has 3 rings (SSSR count). The molecule has 0 bridgehead atoms. The van der Waals surface area contributed by atoms with Crippen LogP contribution in [0.5, 0.6) is 5.75 Å². The molecule has 6 nitrogen and oxygen atoms in total. The molecular formula is C21H27FN3O3S+. The number of hydrogen-bond acceptors (Lipinski definition) is 5. The molecule has 0 radical (unpaired) electrons. The Balaban J connectivity index is 1.90. The average Bonchev–Trinajstić information content (AvgIpc) is 3.10. The number of hydrogen-bond donors (Lipinski definition) is 2. The fourth-order valence-corrected chi connectivity index (χ4v) is 4.34. The summed E-state index contributed by atoms with van der Waals surface area (Å²) in [7, 11) is 1.65. The second-order valence-electron chi connectivity index (χ2n) is 7.37. The van der Waals surface area contributed by atoms with Crippen LogP contribution in [-0.2, 0) is 10.5 Å². The van der Waals surface area contributed by atoms with Crippen molar-refractivity contribution in [1.82, 2.24) is 9.97 Å². The van der Waals surface area contributed by atoms with Crippen LogP contribution < -0.4 is 9.30 Å². The van der Waals surface area contributed by atoms with E-state index in [1.54, 1.807) is 24.9 Å². The topological polar surface area (TPSA) is 71.2 Å². The summed E-state index contributed by atoms with van der Waals surface area (Å²) in [5, 5.41) is 8.98. The lowest BCUT2D eigenvalue weighted by atomic mass is 10.2. The Bertz CT molecular complexity index is 991. The molecule has 0 fully saturated rings. The third-order valence-corrected chi connectivity index (χ3v) is 6.00. The number of imidazole rings is 1. The standard InChI is InChI=1S/C21H27FN3O3S/c1-14-18(12-29-13-21(2,3)28-10-9-26)25(8-7-19(14)27-4)20-23-16-6-5-15(22)11-17(16)24-20/h5-8,11,26H,9-10,12-13H2,1-4H3,(H,23,24)/q+1. The molecule has 0 atom stereocenters. The van der Waals surface area contributed by atoms with Crippen molar-refractivity contribution in [2.75, 3.05) is 26.1 Å². The summed E-state index contributed by atoms with van der Waals surface area (Å²) < 4.78 is 26.7. The predicted octanol–water partition coefficient (Wildman–Crippen LogP) is 3.32. The molecule has 0 saturated carbocycles. The summed E-state index contributed by atoms with van der Waals surface area (Å²) in [6.45, 7) is 6.36. The molecule has 0 unspecified atom stereocenters. The highest BCUT2D eigenvalue weighted by molar-refractivity contribution is 7.98. The molecule has 0 aliphatic carbocycles. The van der Waals surface area contributed by atoms with Crippen molar-refractivity contribution in [2.45, 2.75) is 32.1 Å². The number of nitrogens with one attached hydrogen (secondary N) is 1. The van der Waals surface area contributed by atoms with Crippen LogP contribution in [0.1, 0.15) is 25.1 Å². The van der Waals surface area contributed by atoms with Crippen molar-refractivity contribution in [3.05, 3.63) is 47.5 Å². The molecule has 3 aromatic rings. The van der Waals surface area contributed by atoms with E-state index in [0.29, 0.717) is 29.3 Å². The number of aliphatic hydroxyl groups excluding tert-OH is 1. The highest BCUT2D eigenvalue weighted by Gasteiger charge is 2.23. The number of ether oxygens (including phenoxy) is 2. The summed E-state index contributed by atoms with van der Waals surface area (Å²) in [6.07, 6.45) is 1.91. The highest BCUT2D eigenvalue weighted by atomic mass is 32.2. The number of rotatable bonds is 9. The van der Waals surface area contributed by atoms with Gasteiger partial charge < -0.3 is 14.6 Å². The van der Waals surface area contributed by atoms with Crippen molar-refractivity contribution in [3.63, 3.8) is 0 Å². The van der Waals surface area contributed by atoms with Gasteiger partial charge in [0, 0.05) is 29.2 Å². The maximum Gasteiger partial charge on any atom is 0.402 e. The molecule has 156 valence electrons. The van der Waals surface area contributed by atoms with Crippen molar-refractivity contribution in [2.24, 2.45) is 0 Å². The number of fused-ring (bicyclic) bond motifs is 1. The third-order valence-electron chi connectivity index (χ3n) is 4.62. The van der Waals surface area contributed by atoms with Crippen molar-refractivity contribution in [3.8, 4) is 11.7 Å². The van der Waals surface area contributed by atoms with E-state index in [2.05, 4.69) is 9.97 Å². The Labute approximate surface area is 174 Å². The van der Waals surface area contributed by atoms with Crippen LogP contribution in [0.15, 0.2) is 30.5 Å². The largest absolute Gasteiger partial charge is 0.496 e. The first kappa shape index (κ1) is 21.5. The number of aromatic amines is 1. The molecule has 29 heavy (non-hydrogen) atoms. The van der Waals surface area contributed by atoms with E-state index in [4.69, 9.17) is 14.6 Å². The van der Waals surface area contributed by atoms with Gasteiger partial charge in [-0.25, -0.2) is 13.9 Å². The molecule has 0 amide bonds. The molecule has 2 N–H and O–H groups in total. The number of pyridine rings is 1. The lowest BCUT2D eigenvalue weighted by molar-refractivity contribution is -0.610. The van der Waals surface area contributed by atoms with Gasteiger partial charge in [0.1, 0.15) is 22.8 Å². The molecule has 1 aromatic carbocycles. The van der Waals surface area contributed by atoms with E-state index in [-0.39, 0.29) is 18.0 Å². The first-order valence-corrected chi connectivity index (χ1v) is 10.6. The lowest BCUT2D eigenvalue weighted by Gasteiger charge is -2.24. The number of aromatic nitrogens is 3. The predicted molar refractivity (Wildman–Crippen MR) is 112 cm³/mol. The molecule has 8 heteroatoms. The molecule has 2 heterocycles. The lowest BCUT2D eigenvalue weighted by Crippen LogP contribution is -2.38. The number of nitrogens with zero attached hydrogens (tertiary/aromatic N) is 2. The first-order valence-electron chi connectivity index (χ1n) is 9.41. The smallest absolute Gasteiger partial charge is 0.402 e. The average molecular weight is 421 g/mol. The van der Waals surface area contributed by atoms with E-state index in [0.717, 1.165) is 22.8 Å². The van der Waals surface area contributed by atoms with Gasteiger partial charge in [0.2, 0.25) is 0 Å². The number of thioether (sulfide) groups is 1. The van der Waals surface area contributed by atoms with Gasteiger partial charge in [0.05, 0.1) is 32.1 Å². The van der Waals surface area contributed by atoms with E-state index in [1.165, 1.54) is 12.1 Å². The zero-order chi connectivity index (χ0) is 21.0. The van der Waals surface area contributed by atoms with Crippen LogP contribution in [0.2, 0.25) is 0 Å².